The first-order valence-electron chi connectivity index (χ1n) is 13.2. The van der Waals surface area contributed by atoms with E-state index in [0.29, 0.717) is 16.9 Å². The molecule has 13 heteroatoms. The Hall–Kier alpha value is -2.99. The smallest absolute Gasteiger partial charge is 0.408 e. The lowest BCUT2D eigenvalue weighted by Crippen LogP contribution is -2.40. The first kappa shape index (κ1) is 29.0. The maximum Gasteiger partial charge on any atom is 0.408 e. The predicted molar refractivity (Wildman–Crippen MR) is 131 cm³/mol. The number of nitrogens with zero attached hydrogens (tertiary/aromatic N) is 3. The number of alkyl carbamates (subject to hydrolysis) is 1. The number of alkyl halides is 5. The number of amides is 2. The lowest BCUT2D eigenvalue weighted by atomic mass is 9.81. The third-order valence-corrected chi connectivity index (χ3v) is 6.99. The highest BCUT2D eigenvalue weighted by atomic mass is 19.4. The van der Waals surface area contributed by atoms with Gasteiger partial charge in [-0.15, -0.1) is 0 Å². The van der Waals surface area contributed by atoms with Crippen LogP contribution in [0.25, 0.3) is 5.65 Å². The second-order valence-electron chi connectivity index (χ2n) is 11.6. The Labute approximate surface area is 223 Å². The molecule has 2 amide bonds. The number of carbonyl (C=O) groups is 2. The van der Waals surface area contributed by atoms with Gasteiger partial charge in [0.2, 0.25) is 11.8 Å². The van der Waals surface area contributed by atoms with Crippen LogP contribution in [0.3, 0.4) is 0 Å². The number of carbonyl (C=O) groups excluding carboxylic acids is 2. The van der Waals surface area contributed by atoms with Gasteiger partial charge in [-0.1, -0.05) is 0 Å². The van der Waals surface area contributed by atoms with Gasteiger partial charge in [0.25, 0.3) is 0 Å². The van der Waals surface area contributed by atoms with E-state index in [1.54, 1.807) is 33.0 Å². The van der Waals surface area contributed by atoms with Crippen LogP contribution in [-0.4, -0.2) is 44.3 Å². The Balaban J connectivity index is 1.56. The highest BCUT2D eigenvalue weighted by Gasteiger charge is 2.40. The number of nitrogens with one attached hydrogen (secondary N) is 2. The van der Waals surface area contributed by atoms with Gasteiger partial charge in [-0.25, -0.2) is 23.1 Å². The first-order valence-corrected chi connectivity index (χ1v) is 13.2. The summed E-state index contributed by atoms with van der Waals surface area (Å²) in [6, 6.07) is 0.505. The normalized spacial score (nSPS) is 19.9. The molecule has 2 aromatic heterocycles. The molecule has 2 heterocycles. The molecule has 8 nitrogen and oxygen atoms in total. The summed E-state index contributed by atoms with van der Waals surface area (Å²) in [6.45, 7) is 5.16. The Morgan fingerprint density at radius 1 is 1.08 bits per heavy atom. The molecule has 2 aliphatic carbocycles. The zero-order valence-corrected chi connectivity index (χ0v) is 22.2. The van der Waals surface area contributed by atoms with Crippen LogP contribution in [0.4, 0.5) is 26.7 Å². The van der Waals surface area contributed by atoms with Crippen molar-refractivity contribution in [3.63, 3.8) is 0 Å². The minimum atomic E-state index is -4.42. The van der Waals surface area contributed by atoms with Crippen molar-refractivity contribution in [2.75, 3.05) is 0 Å². The SMILES string of the molecule is CC(C)(C)OC(=O)N[C@H](c1cn2ncc([C@H](NC(=O)CCC(F)(F)F)C3CC3)cc2n1)C1CCC(F)(F)CC1. The van der Waals surface area contributed by atoms with Gasteiger partial charge in [0, 0.05) is 19.3 Å². The molecule has 2 aromatic rings. The highest BCUT2D eigenvalue weighted by molar-refractivity contribution is 5.76. The van der Waals surface area contributed by atoms with Crippen LogP contribution in [0, 0.1) is 11.8 Å². The Morgan fingerprint density at radius 3 is 2.31 bits per heavy atom. The van der Waals surface area contributed by atoms with E-state index in [2.05, 4.69) is 20.7 Å². The van der Waals surface area contributed by atoms with Crippen LogP contribution in [0.15, 0.2) is 18.5 Å². The molecule has 0 unspecified atom stereocenters. The Morgan fingerprint density at radius 2 is 1.72 bits per heavy atom. The molecule has 0 bridgehead atoms. The summed E-state index contributed by atoms with van der Waals surface area (Å²) in [5.74, 6) is -3.65. The van der Waals surface area contributed by atoms with Crippen LogP contribution in [0.5, 0.6) is 0 Å². The van der Waals surface area contributed by atoms with Crippen LogP contribution >= 0.6 is 0 Å². The number of rotatable bonds is 8. The molecule has 0 spiro atoms. The Kier molecular flexibility index (Phi) is 8.09. The fourth-order valence-electron chi connectivity index (χ4n) is 4.90. The molecule has 0 aliphatic heterocycles. The summed E-state index contributed by atoms with van der Waals surface area (Å²) >= 11 is 0. The molecule has 0 saturated heterocycles. The standard InChI is InChI=1S/C26H34F5N5O3/c1-24(2,3)39-23(38)35-22(16-6-9-25(27,28)10-7-16)18-14-36-19(33-18)12-17(13-32-36)21(15-4-5-15)34-20(37)8-11-26(29,30)31/h12-16,21-22H,4-11H2,1-3H3,(H,34,37)(H,35,38)/t21-,22+/m1/s1. The monoisotopic (exact) mass is 559 g/mol. The molecule has 39 heavy (non-hydrogen) atoms. The summed E-state index contributed by atoms with van der Waals surface area (Å²) in [6.07, 6.45) is -2.39. The minimum Gasteiger partial charge on any atom is -0.444 e. The highest BCUT2D eigenvalue weighted by Crippen LogP contribution is 2.43. The maximum atomic E-state index is 13.9. The predicted octanol–water partition coefficient (Wildman–Crippen LogP) is 6.03. The van der Waals surface area contributed by atoms with Gasteiger partial charge in [-0.3, -0.25) is 4.79 Å². The molecule has 0 aromatic carbocycles. The van der Waals surface area contributed by atoms with Crippen molar-refractivity contribution in [1.29, 1.82) is 0 Å². The maximum absolute atomic E-state index is 13.9. The largest absolute Gasteiger partial charge is 0.444 e. The zero-order valence-electron chi connectivity index (χ0n) is 22.2. The van der Waals surface area contributed by atoms with Gasteiger partial charge >= 0.3 is 12.3 Å². The minimum absolute atomic E-state index is 0.0870. The molecular formula is C26H34F5N5O3. The van der Waals surface area contributed by atoms with Gasteiger partial charge in [0.15, 0.2) is 5.65 Å². The van der Waals surface area contributed by atoms with E-state index in [-0.39, 0.29) is 37.5 Å². The summed E-state index contributed by atoms with van der Waals surface area (Å²) in [7, 11) is 0. The summed E-state index contributed by atoms with van der Waals surface area (Å²) in [5.41, 5.74) is 0.676. The first-order chi connectivity index (χ1) is 18.1. The van der Waals surface area contributed by atoms with Crippen molar-refractivity contribution in [3.05, 3.63) is 29.7 Å². The van der Waals surface area contributed by atoms with Gasteiger partial charge in [0.1, 0.15) is 5.60 Å². The molecule has 2 saturated carbocycles. The molecule has 0 radical (unpaired) electrons. The topological polar surface area (TPSA) is 97.6 Å². The third-order valence-electron chi connectivity index (χ3n) is 6.99. The van der Waals surface area contributed by atoms with Crippen molar-refractivity contribution in [1.82, 2.24) is 25.2 Å². The number of halogens is 5. The molecule has 2 atom stereocenters. The third kappa shape index (κ3) is 8.25. The van der Waals surface area contributed by atoms with Crippen molar-refractivity contribution < 1.29 is 36.3 Å². The fraction of sp³-hybridized carbons (Fsp3) is 0.692. The van der Waals surface area contributed by atoms with Gasteiger partial charge < -0.3 is 15.4 Å². The van der Waals surface area contributed by atoms with E-state index >= 15 is 0 Å². The molecule has 2 aliphatic rings. The number of imidazole rings is 1. The molecule has 2 fully saturated rings. The Bertz CT molecular complexity index is 1180. The van der Waals surface area contributed by atoms with E-state index in [9.17, 15) is 31.5 Å². The number of hydrogen-bond acceptors (Lipinski definition) is 5. The average Bonchev–Trinajstić information content (AvgIpc) is 3.56. The van der Waals surface area contributed by atoms with E-state index in [0.717, 1.165) is 12.8 Å². The number of hydrogen-bond donors (Lipinski definition) is 2. The average molecular weight is 560 g/mol. The van der Waals surface area contributed by atoms with Gasteiger partial charge in [0.05, 0.1) is 36.6 Å². The van der Waals surface area contributed by atoms with Gasteiger partial charge in [-0.05, 0) is 69.9 Å². The van der Waals surface area contributed by atoms with Crippen LogP contribution in [0.2, 0.25) is 0 Å². The van der Waals surface area contributed by atoms with Crippen molar-refractivity contribution in [3.8, 4) is 0 Å². The van der Waals surface area contributed by atoms with Gasteiger partial charge in [-0.2, -0.15) is 18.3 Å². The second kappa shape index (κ2) is 10.9. The van der Waals surface area contributed by atoms with E-state index in [4.69, 9.17) is 4.74 Å². The van der Waals surface area contributed by atoms with Crippen LogP contribution < -0.4 is 10.6 Å². The molecule has 4 rings (SSSR count). The van der Waals surface area contributed by atoms with E-state index in [1.807, 2.05) is 0 Å². The zero-order chi connectivity index (χ0) is 28.6. The fourth-order valence-corrected chi connectivity index (χ4v) is 4.90. The van der Waals surface area contributed by atoms with E-state index in [1.165, 1.54) is 10.7 Å². The number of aromatic nitrogens is 3. The summed E-state index contributed by atoms with van der Waals surface area (Å²) < 4.78 is 72.2. The summed E-state index contributed by atoms with van der Waals surface area (Å²) in [5, 5.41) is 9.89. The van der Waals surface area contributed by atoms with Crippen molar-refractivity contribution in [2.45, 2.75) is 102 Å². The van der Waals surface area contributed by atoms with Crippen molar-refractivity contribution >= 4 is 17.6 Å². The molecule has 216 valence electrons. The quantitative estimate of drug-likeness (QED) is 0.385. The van der Waals surface area contributed by atoms with Crippen LogP contribution in [0.1, 0.15) is 95.5 Å². The van der Waals surface area contributed by atoms with Crippen molar-refractivity contribution in [2.24, 2.45) is 11.8 Å². The molecule has 2 N–H and O–H groups in total. The lowest BCUT2D eigenvalue weighted by Gasteiger charge is -2.33. The number of ether oxygens (including phenoxy) is 1. The summed E-state index contributed by atoms with van der Waals surface area (Å²) in [4.78, 5) is 29.5. The number of fused-ring (bicyclic) bond motifs is 1. The molecular weight excluding hydrogens is 525 g/mol. The van der Waals surface area contributed by atoms with Crippen LogP contribution in [-0.2, 0) is 9.53 Å². The second-order valence-corrected chi connectivity index (χ2v) is 11.6. The van der Waals surface area contributed by atoms with E-state index < -0.39 is 54.6 Å². The lowest BCUT2D eigenvalue weighted by molar-refractivity contribution is -0.144.